The average molecular weight is 780 g/mol. The van der Waals surface area contributed by atoms with Gasteiger partial charge >= 0.3 is 0 Å². The first kappa shape index (κ1) is 36.2. The summed E-state index contributed by atoms with van der Waals surface area (Å²) in [6.45, 7) is 0.691. The number of nitrogens with zero attached hydrogens (tertiary/aromatic N) is 1. The van der Waals surface area contributed by atoms with Crippen molar-refractivity contribution >= 4 is 44.1 Å². The van der Waals surface area contributed by atoms with Crippen LogP contribution in [0.4, 0.5) is 11.4 Å². The molecule has 1 heterocycles. The molecule has 0 spiro atoms. The molecule has 11 aromatic rings. The van der Waals surface area contributed by atoms with Crippen LogP contribution in [-0.4, -0.2) is 0 Å². The number of fused-ring (bicyclic) bond motifs is 4. The summed E-state index contributed by atoms with van der Waals surface area (Å²) in [5.74, 6) is 0. The highest BCUT2D eigenvalue weighted by Gasteiger charge is 2.18. The normalized spacial score (nSPS) is 11.3. The van der Waals surface area contributed by atoms with E-state index in [0.717, 1.165) is 44.4 Å². The van der Waals surface area contributed by atoms with Crippen molar-refractivity contribution in [1.29, 1.82) is 0 Å². The van der Waals surface area contributed by atoms with Crippen LogP contribution in [0.5, 0.6) is 0 Å². The summed E-state index contributed by atoms with van der Waals surface area (Å²) in [7, 11) is 0. The van der Waals surface area contributed by atoms with Crippen molar-refractivity contribution in [1.82, 2.24) is 0 Å². The third-order valence-corrected chi connectivity index (χ3v) is 12.0. The summed E-state index contributed by atoms with van der Waals surface area (Å²) in [5, 5.41) is 4.77. The molecule has 1 aromatic heterocycles. The number of rotatable bonds is 9. The molecule has 0 N–H and O–H groups in total. The van der Waals surface area contributed by atoms with Gasteiger partial charge in [-0.05, 0) is 91.2 Å². The first-order valence-electron chi connectivity index (χ1n) is 20.9. The van der Waals surface area contributed by atoms with Crippen molar-refractivity contribution in [3.8, 4) is 55.6 Å². The Balaban J connectivity index is 0.968. The van der Waals surface area contributed by atoms with Crippen molar-refractivity contribution in [2.24, 2.45) is 0 Å². The van der Waals surface area contributed by atoms with Gasteiger partial charge in [0.1, 0.15) is 11.2 Å². The predicted octanol–water partition coefficient (Wildman–Crippen LogP) is 16.4. The van der Waals surface area contributed by atoms with Crippen molar-refractivity contribution < 1.29 is 4.42 Å². The molecular weight excluding hydrogens is 739 g/mol. The maximum atomic E-state index is 6.43. The molecule has 10 aromatic carbocycles. The van der Waals surface area contributed by atoms with Crippen LogP contribution in [-0.2, 0) is 6.54 Å². The Hall–Kier alpha value is -7.94. The van der Waals surface area contributed by atoms with E-state index < -0.39 is 0 Å². The van der Waals surface area contributed by atoms with Crippen LogP contribution in [0.3, 0.4) is 0 Å². The van der Waals surface area contributed by atoms with Gasteiger partial charge in [0, 0.05) is 39.8 Å². The average Bonchev–Trinajstić information content (AvgIpc) is 3.73. The molecular formula is C59H41NO. The van der Waals surface area contributed by atoms with Gasteiger partial charge < -0.3 is 9.32 Å². The van der Waals surface area contributed by atoms with Gasteiger partial charge in [0.2, 0.25) is 0 Å². The van der Waals surface area contributed by atoms with E-state index in [9.17, 15) is 0 Å². The summed E-state index contributed by atoms with van der Waals surface area (Å²) in [5.41, 5.74) is 17.2. The molecule has 2 nitrogen and oxygen atoms in total. The Morgan fingerprint density at radius 3 is 1.69 bits per heavy atom. The number of hydrogen-bond acceptors (Lipinski definition) is 2. The van der Waals surface area contributed by atoms with Gasteiger partial charge in [0.15, 0.2) is 0 Å². The second-order valence-electron chi connectivity index (χ2n) is 15.6. The molecule has 0 amide bonds. The van der Waals surface area contributed by atoms with Gasteiger partial charge in [-0.25, -0.2) is 0 Å². The van der Waals surface area contributed by atoms with E-state index >= 15 is 0 Å². The zero-order chi connectivity index (χ0) is 40.5. The van der Waals surface area contributed by atoms with Crippen molar-refractivity contribution in [2.75, 3.05) is 4.90 Å². The largest absolute Gasteiger partial charge is 0.455 e. The van der Waals surface area contributed by atoms with Gasteiger partial charge in [-0.3, -0.25) is 0 Å². The van der Waals surface area contributed by atoms with Gasteiger partial charge in [-0.2, -0.15) is 0 Å². The SMILES string of the molecule is c1ccc(-c2ccc(-c3ccc(CN(c4ccc(-c5cccc6c5oc5ccccc56)cc4)c4ccccc4-c4ccccc4)cc3)cc2-c2cccc3ccccc23)cc1. The zero-order valence-corrected chi connectivity index (χ0v) is 33.6. The Kier molecular flexibility index (Phi) is 9.29. The second kappa shape index (κ2) is 15.7. The lowest BCUT2D eigenvalue weighted by Gasteiger charge is -2.28. The van der Waals surface area contributed by atoms with Gasteiger partial charge in [-0.1, -0.05) is 206 Å². The van der Waals surface area contributed by atoms with Crippen LogP contribution < -0.4 is 4.90 Å². The molecule has 0 aliphatic carbocycles. The van der Waals surface area contributed by atoms with E-state index in [4.69, 9.17) is 4.42 Å². The highest BCUT2D eigenvalue weighted by molar-refractivity contribution is 6.09. The van der Waals surface area contributed by atoms with E-state index in [1.807, 2.05) is 12.1 Å². The van der Waals surface area contributed by atoms with E-state index in [2.05, 4.69) is 229 Å². The Morgan fingerprint density at radius 1 is 0.328 bits per heavy atom. The Bertz CT molecular complexity index is 3300. The molecule has 0 fully saturated rings. The summed E-state index contributed by atoms with van der Waals surface area (Å²) >= 11 is 0. The highest BCUT2D eigenvalue weighted by Crippen LogP contribution is 2.41. The number of hydrogen-bond donors (Lipinski definition) is 0. The third-order valence-electron chi connectivity index (χ3n) is 12.0. The first-order valence-corrected chi connectivity index (χ1v) is 20.9. The fourth-order valence-electron chi connectivity index (χ4n) is 8.94. The molecule has 0 saturated heterocycles. The third kappa shape index (κ3) is 6.84. The van der Waals surface area contributed by atoms with Crippen molar-refractivity contribution in [3.63, 3.8) is 0 Å². The Morgan fingerprint density at radius 2 is 0.885 bits per heavy atom. The highest BCUT2D eigenvalue weighted by atomic mass is 16.3. The van der Waals surface area contributed by atoms with Crippen molar-refractivity contribution in [3.05, 3.63) is 242 Å². The van der Waals surface area contributed by atoms with Gasteiger partial charge in [-0.15, -0.1) is 0 Å². The van der Waals surface area contributed by atoms with E-state index in [1.54, 1.807) is 0 Å². The number of benzene rings is 10. The standard InChI is InChI=1S/C59H41NO/c1-3-15-43(16-4-1)50-38-35-47(39-56(50)53-25-13-20-44-19-7-8-21-49(44)53)42-31-29-41(30-32-42)40-60(57-27-11-9-22-51(57)45-17-5-2-6-18-45)48-36-33-46(34-37-48)52-24-14-26-55-54-23-10-12-28-58(54)61-59(52)55/h1-39H,40H2. The maximum Gasteiger partial charge on any atom is 0.143 e. The smallest absolute Gasteiger partial charge is 0.143 e. The van der Waals surface area contributed by atoms with Crippen LogP contribution in [0.15, 0.2) is 241 Å². The van der Waals surface area contributed by atoms with Crippen molar-refractivity contribution in [2.45, 2.75) is 6.54 Å². The predicted molar refractivity (Wildman–Crippen MR) is 257 cm³/mol. The molecule has 0 unspecified atom stereocenters. The summed E-state index contributed by atoms with van der Waals surface area (Å²) < 4.78 is 6.43. The molecule has 0 radical (unpaired) electrons. The summed E-state index contributed by atoms with van der Waals surface area (Å²) in [4.78, 5) is 2.44. The second-order valence-corrected chi connectivity index (χ2v) is 15.6. The van der Waals surface area contributed by atoms with E-state index in [1.165, 1.54) is 60.8 Å². The quantitative estimate of drug-likeness (QED) is 0.145. The van der Waals surface area contributed by atoms with Gasteiger partial charge in [0.25, 0.3) is 0 Å². The minimum atomic E-state index is 0.691. The molecule has 11 rings (SSSR count). The molecule has 0 saturated carbocycles. The van der Waals surface area contributed by atoms with E-state index in [0.29, 0.717) is 6.54 Å². The fraction of sp³-hybridized carbons (Fsp3) is 0.0169. The first-order chi connectivity index (χ1) is 30.2. The molecule has 61 heavy (non-hydrogen) atoms. The monoisotopic (exact) mass is 779 g/mol. The summed E-state index contributed by atoms with van der Waals surface area (Å²) in [6.07, 6.45) is 0. The lowest BCUT2D eigenvalue weighted by molar-refractivity contribution is 0.670. The number of anilines is 2. The lowest BCUT2D eigenvalue weighted by atomic mass is 9.89. The summed E-state index contributed by atoms with van der Waals surface area (Å²) in [6, 6.07) is 85.1. The minimum Gasteiger partial charge on any atom is -0.455 e. The fourth-order valence-corrected chi connectivity index (χ4v) is 8.94. The van der Waals surface area contributed by atoms with Crippen LogP contribution in [0.2, 0.25) is 0 Å². The number of para-hydroxylation sites is 3. The maximum absolute atomic E-state index is 6.43. The molecule has 0 bridgehead atoms. The van der Waals surface area contributed by atoms with Crippen LogP contribution in [0.25, 0.3) is 88.3 Å². The van der Waals surface area contributed by atoms with Gasteiger partial charge in [0.05, 0.1) is 0 Å². The van der Waals surface area contributed by atoms with E-state index in [-0.39, 0.29) is 0 Å². The Labute approximate surface area is 356 Å². The van der Waals surface area contributed by atoms with Crippen LogP contribution >= 0.6 is 0 Å². The molecule has 0 atom stereocenters. The van der Waals surface area contributed by atoms with Crippen LogP contribution in [0, 0.1) is 0 Å². The van der Waals surface area contributed by atoms with Crippen LogP contribution in [0.1, 0.15) is 5.56 Å². The number of furan rings is 1. The molecule has 0 aliphatic heterocycles. The zero-order valence-electron chi connectivity index (χ0n) is 33.6. The molecule has 0 aliphatic rings. The topological polar surface area (TPSA) is 16.4 Å². The molecule has 2 heteroatoms. The minimum absolute atomic E-state index is 0.691. The lowest BCUT2D eigenvalue weighted by Crippen LogP contribution is -2.17. The molecule has 288 valence electrons.